The lowest BCUT2D eigenvalue weighted by molar-refractivity contribution is 0.0926. The summed E-state index contributed by atoms with van der Waals surface area (Å²) in [6.07, 6.45) is 0. The molecule has 0 atom stereocenters. The van der Waals surface area contributed by atoms with Gasteiger partial charge in [-0.2, -0.15) is 0 Å². The van der Waals surface area contributed by atoms with E-state index in [1.54, 1.807) is 24.3 Å². The Kier molecular flexibility index (Phi) is 3.50. The van der Waals surface area contributed by atoms with Crippen LogP contribution in [0.4, 0.5) is 5.69 Å². The summed E-state index contributed by atoms with van der Waals surface area (Å²) in [4.78, 5) is 25.7. The number of halogens is 1. The molecule has 0 radical (unpaired) electrons. The summed E-state index contributed by atoms with van der Waals surface area (Å²) in [7, 11) is 1.55. The standard InChI is InChI=1S/C15H10ClNO4S/c16-22(20,21)9-10-5-7-11(8-6-10)17-14(18)12-3-1-2-4-13(12)15(17)19/h1-8H,9H2. The van der Waals surface area contributed by atoms with Gasteiger partial charge in [0.1, 0.15) is 0 Å². The maximum Gasteiger partial charge on any atom is 0.266 e. The van der Waals surface area contributed by atoms with Crippen LogP contribution in [0, 0.1) is 0 Å². The molecule has 0 bridgehead atoms. The number of carbonyl (C=O) groups is 2. The van der Waals surface area contributed by atoms with Crippen molar-refractivity contribution in [3.8, 4) is 0 Å². The number of amides is 2. The van der Waals surface area contributed by atoms with Gasteiger partial charge in [-0.1, -0.05) is 24.3 Å². The van der Waals surface area contributed by atoms with Gasteiger partial charge < -0.3 is 0 Å². The molecular weight excluding hydrogens is 326 g/mol. The van der Waals surface area contributed by atoms with Crippen LogP contribution in [0.25, 0.3) is 0 Å². The van der Waals surface area contributed by atoms with Gasteiger partial charge in [0.2, 0.25) is 9.05 Å². The van der Waals surface area contributed by atoms with Crippen LogP contribution in [-0.4, -0.2) is 20.2 Å². The van der Waals surface area contributed by atoms with E-state index in [-0.39, 0.29) is 5.75 Å². The number of imide groups is 1. The highest BCUT2D eigenvalue weighted by Gasteiger charge is 2.36. The van der Waals surface area contributed by atoms with E-state index in [0.717, 1.165) is 4.90 Å². The van der Waals surface area contributed by atoms with Crippen LogP contribution < -0.4 is 4.90 Å². The van der Waals surface area contributed by atoms with Crippen molar-refractivity contribution in [2.75, 3.05) is 4.90 Å². The second-order valence-corrected chi connectivity index (χ2v) is 7.62. The first kappa shape index (κ1) is 14.7. The molecule has 0 aliphatic carbocycles. The number of hydrogen-bond acceptors (Lipinski definition) is 4. The fraction of sp³-hybridized carbons (Fsp3) is 0.0667. The molecule has 0 N–H and O–H groups in total. The SMILES string of the molecule is O=C1c2ccccc2C(=O)N1c1ccc(CS(=O)(=O)Cl)cc1. The molecule has 0 aromatic heterocycles. The van der Waals surface area contributed by atoms with Crippen molar-refractivity contribution < 1.29 is 18.0 Å². The third-order valence-electron chi connectivity index (χ3n) is 3.33. The van der Waals surface area contributed by atoms with Crippen molar-refractivity contribution in [3.05, 3.63) is 65.2 Å². The largest absolute Gasteiger partial charge is 0.268 e. The average Bonchev–Trinajstić information content (AvgIpc) is 2.71. The van der Waals surface area contributed by atoms with Crippen LogP contribution in [0.1, 0.15) is 26.3 Å². The van der Waals surface area contributed by atoms with E-state index in [4.69, 9.17) is 10.7 Å². The Hall–Kier alpha value is -2.18. The van der Waals surface area contributed by atoms with Gasteiger partial charge in [-0.05, 0) is 29.8 Å². The number of carbonyl (C=O) groups excluding carboxylic acids is 2. The molecule has 2 amide bonds. The van der Waals surface area contributed by atoms with E-state index in [1.165, 1.54) is 24.3 Å². The van der Waals surface area contributed by atoms with E-state index in [1.807, 2.05) is 0 Å². The predicted molar refractivity (Wildman–Crippen MR) is 82.5 cm³/mol. The van der Waals surface area contributed by atoms with Gasteiger partial charge in [0.25, 0.3) is 11.8 Å². The average molecular weight is 336 g/mol. The highest BCUT2D eigenvalue weighted by molar-refractivity contribution is 8.13. The molecule has 0 saturated carbocycles. The van der Waals surface area contributed by atoms with Gasteiger partial charge >= 0.3 is 0 Å². The highest BCUT2D eigenvalue weighted by Crippen LogP contribution is 2.28. The monoisotopic (exact) mass is 335 g/mol. The summed E-state index contributed by atoms with van der Waals surface area (Å²) in [6.45, 7) is 0. The molecule has 2 aromatic carbocycles. The Morgan fingerprint density at radius 1 is 0.864 bits per heavy atom. The summed E-state index contributed by atoms with van der Waals surface area (Å²) >= 11 is 0. The van der Waals surface area contributed by atoms with Gasteiger partial charge in [-0.15, -0.1) is 0 Å². The third kappa shape index (κ3) is 2.63. The molecule has 3 rings (SSSR count). The summed E-state index contributed by atoms with van der Waals surface area (Å²) in [5.74, 6) is -1.09. The number of fused-ring (bicyclic) bond motifs is 1. The number of anilines is 1. The third-order valence-corrected chi connectivity index (χ3v) is 4.33. The Morgan fingerprint density at radius 2 is 1.36 bits per heavy atom. The fourth-order valence-electron chi connectivity index (χ4n) is 2.36. The lowest BCUT2D eigenvalue weighted by Crippen LogP contribution is -2.29. The zero-order chi connectivity index (χ0) is 15.9. The normalized spacial score (nSPS) is 14.3. The first-order valence-corrected chi connectivity index (χ1v) is 8.84. The van der Waals surface area contributed by atoms with E-state index in [9.17, 15) is 18.0 Å². The molecule has 5 nitrogen and oxygen atoms in total. The minimum atomic E-state index is -3.65. The van der Waals surface area contributed by atoms with Crippen LogP contribution in [0.15, 0.2) is 48.5 Å². The summed E-state index contributed by atoms with van der Waals surface area (Å²) in [6, 6.07) is 12.7. The van der Waals surface area contributed by atoms with Crippen molar-refractivity contribution in [1.82, 2.24) is 0 Å². The molecule has 0 unspecified atom stereocenters. The lowest BCUT2D eigenvalue weighted by Gasteiger charge is -2.14. The molecule has 2 aromatic rings. The van der Waals surface area contributed by atoms with Gasteiger partial charge in [0.15, 0.2) is 0 Å². The van der Waals surface area contributed by atoms with Crippen molar-refractivity contribution in [3.63, 3.8) is 0 Å². The topological polar surface area (TPSA) is 71.5 Å². The molecule has 22 heavy (non-hydrogen) atoms. The predicted octanol–water partition coefficient (Wildman–Crippen LogP) is 2.56. The molecule has 1 heterocycles. The summed E-state index contributed by atoms with van der Waals surface area (Å²) in [5.41, 5.74) is 1.59. The fourth-order valence-corrected chi connectivity index (χ4v) is 3.33. The van der Waals surface area contributed by atoms with Crippen LogP contribution >= 0.6 is 10.7 Å². The number of rotatable bonds is 3. The Bertz CT molecular complexity index is 840. The zero-order valence-corrected chi connectivity index (χ0v) is 12.8. The van der Waals surface area contributed by atoms with Gasteiger partial charge in [0, 0.05) is 10.7 Å². The van der Waals surface area contributed by atoms with Gasteiger partial charge in [0.05, 0.1) is 22.6 Å². The van der Waals surface area contributed by atoms with Crippen LogP contribution in [0.3, 0.4) is 0 Å². The Labute approximate surface area is 131 Å². The van der Waals surface area contributed by atoms with Gasteiger partial charge in [-0.25, -0.2) is 13.3 Å². The smallest absolute Gasteiger partial charge is 0.266 e. The zero-order valence-electron chi connectivity index (χ0n) is 11.2. The molecule has 1 aliphatic heterocycles. The second kappa shape index (κ2) is 5.23. The maximum atomic E-state index is 12.3. The number of hydrogen-bond donors (Lipinski definition) is 0. The van der Waals surface area contributed by atoms with Crippen LogP contribution in [0.5, 0.6) is 0 Å². The highest BCUT2D eigenvalue weighted by atomic mass is 35.7. The Morgan fingerprint density at radius 3 is 1.82 bits per heavy atom. The molecule has 1 aliphatic rings. The van der Waals surface area contributed by atoms with E-state index in [0.29, 0.717) is 22.4 Å². The molecule has 0 fully saturated rings. The molecule has 0 saturated heterocycles. The van der Waals surface area contributed by atoms with Crippen molar-refractivity contribution in [2.45, 2.75) is 5.75 Å². The molecule has 112 valence electrons. The minimum Gasteiger partial charge on any atom is -0.268 e. The molecule has 7 heteroatoms. The van der Waals surface area contributed by atoms with Gasteiger partial charge in [-0.3, -0.25) is 9.59 Å². The summed E-state index contributed by atoms with van der Waals surface area (Å²) < 4.78 is 22.1. The first-order chi connectivity index (χ1) is 10.4. The van der Waals surface area contributed by atoms with E-state index < -0.39 is 20.9 Å². The summed E-state index contributed by atoms with van der Waals surface area (Å²) in [5, 5.41) is 0. The van der Waals surface area contributed by atoms with Crippen LogP contribution in [-0.2, 0) is 14.8 Å². The van der Waals surface area contributed by atoms with E-state index in [2.05, 4.69) is 0 Å². The number of nitrogens with zero attached hydrogens (tertiary/aromatic N) is 1. The molecule has 0 spiro atoms. The minimum absolute atomic E-state index is 0.309. The Balaban J connectivity index is 1.93. The van der Waals surface area contributed by atoms with Crippen LogP contribution in [0.2, 0.25) is 0 Å². The van der Waals surface area contributed by atoms with Crippen molar-refractivity contribution >= 4 is 37.2 Å². The lowest BCUT2D eigenvalue weighted by atomic mass is 10.1. The van der Waals surface area contributed by atoms with Crippen molar-refractivity contribution in [1.29, 1.82) is 0 Å². The quantitative estimate of drug-likeness (QED) is 0.638. The first-order valence-electron chi connectivity index (χ1n) is 6.36. The second-order valence-electron chi connectivity index (χ2n) is 4.84. The maximum absolute atomic E-state index is 12.3. The van der Waals surface area contributed by atoms with E-state index >= 15 is 0 Å². The molecular formula is C15H10ClNO4S. The number of benzene rings is 2. The van der Waals surface area contributed by atoms with Crippen molar-refractivity contribution in [2.24, 2.45) is 0 Å².